The van der Waals surface area contributed by atoms with Gasteiger partial charge in [0, 0.05) is 23.0 Å². The second-order valence-electron chi connectivity index (χ2n) is 4.98. The molecule has 0 spiro atoms. The number of Topliss-reactive ketones (excluding diaryl/α,β-unsaturated/α-hetero) is 1. The van der Waals surface area contributed by atoms with Crippen molar-refractivity contribution >= 4 is 28.7 Å². The maximum Gasteiger partial charge on any atom is 0.178 e. The van der Waals surface area contributed by atoms with Crippen LogP contribution >= 0.6 is 22.9 Å². The van der Waals surface area contributed by atoms with Crippen LogP contribution in [0.4, 0.5) is 0 Å². The molecule has 1 aromatic carbocycles. The molecule has 2 rings (SSSR count). The number of hydrogen-bond donors (Lipinski definition) is 0. The van der Waals surface area contributed by atoms with Crippen molar-refractivity contribution in [2.75, 3.05) is 6.54 Å². The first-order valence-corrected chi connectivity index (χ1v) is 7.88. The Morgan fingerprint density at radius 1 is 1.25 bits per heavy atom. The molecular weight excluding hydrogens is 290 g/mol. The first-order valence-electron chi connectivity index (χ1n) is 6.62. The number of rotatable bonds is 6. The molecule has 0 aliphatic heterocycles. The molecule has 20 heavy (non-hydrogen) atoms. The van der Waals surface area contributed by atoms with Crippen LogP contribution in [0.1, 0.15) is 29.1 Å². The molecule has 0 unspecified atom stereocenters. The zero-order valence-corrected chi connectivity index (χ0v) is 13.2. The fourth-order valence-electron chi connectivity index (χ4n) is 1.98. The van der Waals surface area contributed by atoms with Crippen molar-refractivity contribution in [2.45, 2.75) is 26.4 Å². The molecule has 2 nitrogen and oxygen atoms in total. The lowest BCUT2D eigenvalue weighted by Crippen LogP contribution is -2.35. The van der Waals surface area contributed by atoms with Crippen molar-refractivity contribution in [3.8, 4) is 0 Å². The molecule has 106 valence electrons. The van der Waals surface area contributed by atoms with E-state index in [1.807, 2.05) is 18.2 Å². The summed E-state index contributed by atoms with van der Waals surface area (Å²) in [6.07, 6.45) is 0. The maximum absolute atomic E-state index is 12.4. The maximum atomic E-state index is 12.4. The second-order valence-corrected chi connectivity index (χ2v) is 6.42. The van der Waals surface area contributed by atoms with Crippen LogP contribution in [0.3, 0.4) is 0 Å². The summed E-state index contributed by atoms with van der Waals surface area (Å²) in [5, 5.41) is 2.58. The minimum atomic E-state index is 0.0702. The largest absolute Gasteiger partial charge is 0.293 e. The number of benzene rings is 1. The van der Waals surface area contributed by atoms with Crippen LogP contribution in [0.15, 0.2) is 41.8 Å². The molecule has 0 radical (unpaired) electrons. The third kappa shape index (κ3) is 3.92. The van der Waals surface area contributed by atoms with E-state index in [-0.39, 0.29) is 5.78 Å². The summed E-state index contributed by atoms with van der Waals surface area (Å²) < 4.78 is 0. The number of halogens is 1. The standard InChI is InChI=1S/C16H18ClNOS/c1-12(2)18(10-13-6-5-9-20-13)11-16(19)14-7-3-4-8-15(14)17/h3-9,12H,10-11H2,1-2H3. The summed E-state index contributed by atoms with van der Waals surface area (Å²) in [5.41, 5.74) is 0.603. The summed E-state index contributed by atoms with van der Waals surface area (Å²) in [6, 6.07) is 11.7. The van der Waals surface area contributed by atoms with Crippen LogP contribution in [-0.4, -0.2) is 23.3 Å². The molecule has 0 saturated carbocycles. The summed E-state index contributed by atoms with van der Waals surface area (Å²) >= 11 is 7.80. The molecule has 0 aliphatic carbocycles. The molecule has 0 fully saturated rings. The highest BCUT2D eigenvalue weighted by Crippen LogP contribution is 2.18. The highest BCUT2D eigenvalue weighted by molar-refractivity contribution is 7.09. The summed E-state index contributed by atoms with van der Waals surface area (Å²) in [7, 11) is 0. The van der Waals surface area contributed by atoms with E-state index in [2.05, 4.69) is 30.2 Å². The highest BCUT2D eigenvalue weighted by atomic mass is 35.5. The number of nitrogens with zero attached hydrogens (tertiary/aromatic N) is 1. The Morgan fingerprint density at radius 2 is 2.00 bits per heavy atom. The fourth-order valence-corrected chi connectivity index (χ4v) is 2.95. The van der Waals surface area contributed by atoms with Gasteiger partial charge in [0.15, 0.2) is 5.78 Å². The van der Waals surface area contributed by atoms with Crippen LogP contribution in [0.2, 0.25) is 5.02 Å². The molecule has 4 heteroatoms. The summed E-state index contributed by atoms with van der Waals surface area (Å²) in [6.45, 7) is 5.39. The highest BCUT2D eigenvalue weighted by Gasteiger charge is 2.17. The smallest absolute Gasteiger partial charge is 0.178 e. The Kier molecular flexibility index (Phi) is 5.35. The van der Waals surface area contributed by atoms with Crippen LogP contribution < -0.4 is 0 Å². The van der Waals surface area contributed by atoms with Crippen molar-refractivity contribution in [3.05, 3.63) is 57.2 Å². The molecule has 1 aromatic heterocycles. The molecule has 0 bridgehead atoms. The van der Waals surface area contributed by atoms with E-state index in [1.54, 1.807) is 23.5 Å². The van der Waals surface area contributed by atoms with E-state index in [1.165, 1.54) is 4.88 Å². The zero-order chi connectivity index (χ0) is 14.5. The van der Waals surface area contributed by atoms with Gasteiger partial charge < -0.3 is 0 Å². The number of hydrogen-bond acceptors (Lipinski definition) is 3. The third-order valence-electron chi connectivity index (χ3n) is 3.19. The topological polar surface area (TPSA) is 20.3 Å². The van der Waals surface area contributed by atoms with Gasteiger partial charge in [-0.1, -0.05) is 29.8 Å². The molecule has 0 aliphatic rings. The van der Waals surface area contributed by atoms with Gasteiger partial charge in [-0.25, -0.2) is 0 Å². The van der Waals surface area contributed by atoms with Gasteiger partial charge in [-0.3, -0.25) is 9.69 Å². The molecule has 0 atom stereocenters. The minimum absolute atomic E-state index is 0.0702. The number of thiophene rings is 1. The Morgan fingerprint density at radius 3 is 2.60 bits per heavy atom. The average Bonchev–Trinajstić information content (AvgIpc) is 2.91. The van der Waals surface area contributed by atoms with E-state index < -0.39 is 0 Å². The van der Waals surface area contributed by atoms with Crippen molar-refractivity contribution < 1.29 is 4.79 Å². The summed E-state index contributed by atoms with van der Waals surface area (Å²) in [5.74, 6) is 0.0702. The van der Waals surface area contributed by atoms with Crippen molar-refractivity contribution in [1.29, 1.82) is 0 Å². The monoisotopic (exact) mass is 307 g/mol. The van der Waals surface area contributed by atoms with Gasteiger partial charge in [-0.2, -0.15) is 0 Å². The Hall–Kier alpha value is -1.16. The van der Waals surface area contributed by atoms with E-state index >= 15 is 0 Å². The van der Waals surface area contributed by atoms with Crippen LogP contribution in [0.5, 0.6) is 0 Å². The predicted octanol–water partition coefficient (Wildman–Crippen LogP) is 4.49. The van der Waals surface area contributed by atoms with E-state index in [4.69, 9.17) is 11.6 Å². The normalized spacial score (nSPS) is 11.2. The van der Waals surface area contributed by atoms with Gasteiger partial charge in [0.05, 0.1) is 11.6 Å². The number of carbonyl (C=O) groups excluding carboxylic acids is 1. The third-order valence-corrected chi connectivity index (χ3v) is 4.38. The minimum Gasteiger partial charge on any atom is -0.293 e. The first-order chi connectivity index (χ1) is 9.58. The molecule has 1 heterocycles. The van der Waals surface area contributed by atoms with Crippen LogP contribution in [0, 0.1) is 0 Å². The number of ketones is 1. The Balaban J connectivity index is 2.08. The van der Waals surface area contributed by atoms with Gasteiger partial charge in [0.25, 0.3) is 0 Å². The lowest BCUT2D eigenvalue weighted by Gasteiger charge is -2.25. The quantitative estimate of drug-likeness (QED) is 0.733. The lowest BCUT2D eigenvalue weighted by molar-refractivity contribution is 0.0899. The molecule has 2 aromatic rings. The fraction of sp³-hybridized carbons (Fsp3) is 0.312. The molecule has 0 N–H and O–H groups in total. The zero-order valence-electron chi connectivity index (χ0n) is 11.7. The summed E-state index contributed by atoms with van der Waals surface area (Å²) in [4.78, 5) is 15.8. The van der Waals surface area contributed by atoms with Gasteiger partial charge in [0.1, 0.15) is 0 Å². The van der Waals surface area contributed by atoms with Gasteiger partial charge >= 0.3 is 0 Å². The van der Waals surface area contributed by atoms with E-state index in [0.717, 1.165) is 6.54 Å². The van der Waals surface area contributed by atoms with Gasteiger partial charge in [-0.05, 0) is 37.4 Å². The van der Waals surface area contributed by atoms with Crippen molar-refractivity contribution in [2.24, 2.45) is 0 Å². The van der Waals surface area contributed by atoms with Gasteiger partial charge in [0.2, 0.25) is 0 Å². The SMILES string of the molecule is CC(C)N(CC(=O)c1ccccc1Cl)Cc1cccs1. The van der Waals surface area contributed by atoms with Crippen LogP contribution in [0.25, 0.3) is 0 Å². The molecular formula is C16H18ClNOS. The second kappa shape index (κ2) is 7.02. The number of carbonyl (C=O) groups is 1. The van der Waals surface area contributed by atoms with Crippen LogP contribution in [-0.2, 0) is 6.54 Å². The van der Waals surface area contributed by atoms with Crippen molar-refractivity contribution in [3.63, 3.8) is 0 Å². The molecule has 0 saturated heterocycles. The molecule has 0 amide bonds. The lowest BCUT2D eigenvalue weighted by atomic mass is 10.1. The Labute approximate surface area is 129 Å². The Bertz CT molecular complexity index is 566. The first kappa shape index (κ1) is 15.2. The predicted molar refractivity (Wildman–Crippen MR) is 85.6 cm³/mol. The van der Waals surface area contributed by atoms with Gasteiger partial charge in [-0.15, -0.1) is 11.3 Å². The van der Waals surface area contributed by atoms with E-state index in [9.17, 15) is 4.79 Å². The average molecular weight is 308 g/mol. The van der Waals surface area contributed by atoms with E-state index in [0.29, 0.717) is 23.2 Å². The van der Waals surface area contributed by atoms with Crippen molar-refractivity contribution in [1.82, 2.24) is 4.90 Å².